The Morgan fingerprint density at radius 2 is 1.87 bits per heavy atom. The summed E-state index contributed by atoms with van der Waals surface area (Å²) in [4.78, 5) is 14.3. The maximum atomic E-state index is 11.7. The minimum atomic E-state index is -0.420. The third-order valence-corrected chi connectivity index (χ3v) is 4.69. The Balaban J connectivity index is 1.61. The van der Waals surface area contributed by atoms with Crippen LogP contribution in [0.2, 0.25) is 0 Å². The fraction of sp³-hybridized carbons (Fsp3) is 0.944. The average Bonchev–Trinajstić information content (AvgIpc) is 2.60. The molecule has 1 heterocycles. The van der Waals surface area contributed by atoms with Crippen molar-refractivity contribution in [3.8, 4) is 0 Å². The molecule has 1 saturated carbocycles. The number of carbonyl (C=O) groups excluding carboxylic acids is 1. The normalized spacial score (nSPS) is 29.5. The number of nitrogens with zero attached hydrogens (tertiary/aromatic N) is 1. The molecule has 0 aromatic rings. The minimum absolute atomic E-state index is 0.268. The molecule has 2 N–H and O–H groups in total. The Kier molecular flexibility index (Phi) is 6.72. The largest absolute Gasteiger partial charge is 0.444 e. The quantitative estimate of drug-likeness (QED) is 0.816. The number of likely N-dealkylation sites (tertiary alicyclic amines) is 1. The van der Waals surface area contributed by atoms with Crippen molar-refractivity contribution in [3.05, 3.63) is 0 Å². The molecule has 23 heavy (non-hydrogen) atoms. The Hall–Kier alpha value is -0.810. The van der Waals surface area contributed by atoms with Crippen LogP contribution >= 0.6 is 0 Å². The SMILES string of the molecule is CCCN1CCCC(NC2CC(NC(=O)OC(C)(C)C)C2)CC1. The fourth-order valence-corrected chi connectivity index (χ4v) is 3.54. The molecule has 0 aromatic heterocycles. The zero-order valence-electron chi connectivity index (χ0n) is 15.4. The van der Waals surface area contributed by atoms with E-state index in [-0.39, 0.29) is 12.1 Å². The van der Waals surface area contributed by atoms with Crippen molar-refractivity contribution in [3.63, 3.8) is 0 Å². The van der Waals surface area contributed by atoms with Crippen molar-refractivity contribution in [1.29, 1.82) is 0 Å². The van der Waals surface area contributed by atoms with Gasteiger partial charge in [-0.15, -0.1) is 0 Å². The van der Waals surface area contributed by atoms with Gasteiger partial charge in [-0.05, 0) is 78.9 Å². The van der Waals surface area contributed by atoms with Gasteiger partial charge in [-0.2, -0.15) is 0 Å². The van der Waals surface area contributed by atoms with Crippen molar-refractivity contribution >= 4 is 6.09 Å². The molecule has 1 saturated heterocycles. The van der Waals surface area contributed by atoms with Gasteiger partial charge in [0, 0.05) is 18.1 Å². The van der Waals surface area contributed by atoms with Crippen molar-refractivity contribution in [1.82, 2.24) is 15.5 Å². The average molecular weight is 325 g/mol. The van der Waals surface area contributed by atoms with E-state index in [9.17, 15) is 4.79 Å². The molecule has 2 fully saturated rings. The van der Waals surface area contributed by atoms with Crippen LogP contribution in [-0.2, 0) is 4.74 Å². The highest BCUT2D eigenvalue weighted by Gasteiger charge is 2.33. The van der Waals surface area contributed by atoms with Crippen molar-refractivity contribution in [2.75, 3.05) is 19.6 Å². The summed E-state index contributed by atoms with van der Waals surface area (Å²) >= 11 is 0. The first kappa shape index (κ1) is 18.5. The van der Waals surface area contributed by atoms with E-state index >= 15 is 0 Å². The van der Waals surface area contributed by atoms with Crippen LogP contribution in [-0.4, -0.2) is 54.4 Å². The first-order chi connectivity index (χ1) is 10.9. The summed E-state index contributed by atoms with van der Waals surface area (Å²) < 4.78 is 5.30. The van der Waals surface area contributed by atoms with Crippen LogP contribution in [0, 0.1) is 0 Å². The molecule has 2 aliphatic rings. The van der Waals surface area contributed by atoms with Crippen molar-refractivity contribution < 1.29 is 9.53 Å². The van der Waals surface area contributed by atoms with Gasteiger partial charge >= 0.3 is 6.09 Å². The number of amides is 1. The monoisotopic (exact) mass is 325 g/mol. The third kappa shape index (κ3) is 6.68. The van der Waals surface area contributed by atoms with E-state index in [4.69, 9.17) is 4.74 Å². The molecule has 1 atom stereocenters. The Morgan fingerprint density at radius 1 is 1.13 bits per heavy atom. The highest BCUT2D eigenvalue weighted by molar-refractivity contribution is 5.68. The summed E-state index contributed by atoms with van der Waals surface area (Å²) in [7, 11) is 0. The van der Waals surface area contributed by atoms with Crippen LogP contribution in [0.5, 0.6) is 0 Å². The predicted octanol–water partition coefficient (Wildman–Crippen LogP) is 2.90. The van der Waals surface area contributed by atoms with E-state index in [1.165, 1.54) is 45.3 Å². The van der Waals surface area contributed by atoms with Gasteiger partial charge in [0.25, 0.3) is 0 Å². The number of rotatable bonds is 5. The van der Waals surface area contributed by atoms with E-state index in [0.717, 1.165) is 12.8 Å². The Labute approximate surface area is 141 Å². The zero-order valence-corrected chi connectivity index (χ0v) is 15.4. The number of nitrogens with one attached hydrogen (secondary N) is 2. The van der Waals surface area contributed by atoms with Crippen LogP contribution in [0.4, 0.5) is 4.79 Å². The van der Waals surface area contributed by atoms with E-state index in [2.05, 4.69) is 22.5 Å². The second-order valence-corrected chi connectivity index (χ2v) is 8.15. The Morgan fingerprint density at radius 3 is 2.52 bits per heavy atom. The lowest BCUT2D eigenvalue weighted by atomic mass is 9.86. The van der Waals surface area contributed by atoms with E-state index in [1.807, 2.05) is 20.8 Å². The number of alkyl carbamates (subject to hydrolysis) is 1. The van der Waals surface area contributed by atoms with Gasteiger partial charge in [0.1, 0.15) is 5.60 Å². The highest BCUT2D eigenvalue weighted by atomic mass is 16.6. The maximum absolute atomic E-state index is 11.7. The molecule has 0 bridgehead atoms. The topological polar surface area (TPSA) is 53.6 Å². The summed E-state index contributed by atoms with van der Waals surface area (Å²) in [6.07, 6.45) is 6.83. The fourth-order valence-electron chi connectivity index (χ4n) is 3.54. The van der Waals surface area contributed by atoms with Crippen LogP contribution < -0.4 is 10.6 Å². The van der Waals surface area contributed by atoms with Gasteiger partial charge < -0.3 is 20.3 Å². The first-order valence-electron chi connectivity index (χ1n) is 9.33. The van der Waals surface area contributed by atoms with Crippen LogP contribution in [0.1, 0.15) is 66.2 Å². The molecule has 1 amide bonds. The van der Waals surface area contributed by atoms with Gasteiger partial charge in [0.05, 0.1) is 0 Å². The molecule has 2 rings (SSSR count). The lowest BCUT2D eigenvalue weighted by molar-refractivity contribution is 0.0462. The van der Waals surface area contributed by atoms with E-state index in [0.29, 0.717) is 12.1 Å². The highest BCUT2D eigenvalue weighted by Crippen LogP contribution is 2.23. The van der Waals surface area contributed by atoms with Crippen molar-refractivity contribution in [2.45, 2.75) is 89.9 Å². The molecule has 134 valence electrons. The molecular formula is C18H35N3O2. The summed E-state index contributed by atoms with van der Waals surface area (Å²) in [5.41, 5.74) is -0.420. The zero-order chi connectivity index (χ0) is 16.9. The van der Waals surface area contributed by atoms with Crippen LogP contribution in [0.3, 0.4) is 0 Å². The predicted molar refractivity (Wildman–Crippen MR) is 93.7 cm³/mol. The van der Waals surface area contributed by atoms with Gasteiger partial charge in [-0.1, -0.05) is 6.92 Å². The van der Waals surface area contributed by atoms with Gasteiger partial charge in [0.15, 0.2) is 0 Å². The molecule has 0 radical (unpaired) electrons. The third-order valence-electron chi connectivity index (χ3n) is 4.69. The molecule has 5 nitrogen and oxygen atoms in total. The molecular weight excluding hydrogens is 290 g/mol. The number of hydrogen-bond donors (Lipinski definition) is 2. The number of carbonyl (C=O) groups is 1. The molecule has 1 aliphatic carbocycles. The van der Waals surface area contributed by atoms with Gasteiger partial charge in [0.2, 0.25) is 0 Å². The first-order valence-corrected chi connectivity index (χ1v) is 9.33. The van der Waals surface area contributed by atoms with E-state index < -0.39 is 5.60 Å². The molecule has 1 unspecified atom stereocenters. The smallest absolute Gasteiger partial charge is 0.407 e. The summed E-state index contributed by atoms with van der Waals surface area (Å²) in [5, 5.41) is 6.76. The summed E-state index contributed by atoms with van der Waals surface area (Å²) in [6.45, 7) is 11.6. The van der Waals surface area contributed by atoms with E-state index in [1.54, 1.807) is 0 Å². The molecule has 1 aliphatic heterocycles. The summed E-state index contributed by atoms with van der Waals surface area (Å²) in [6, 6.07) is 1.46. The van der Waals surface area contributed by atoms with Gasteiger partial charge in [-0.25, -0.2) is 4.79 Å². The lowest BCUT2D eigenvalue weighted by Gasteiger charge is -2.39. The Bertz CT molecular complexity index is 375. The van der Waals surface area contributed by atoms with Crippen molar-refractivity contribution in [2.24, 2.45) is 0 Å². The second kappa shape index (κ2) is 8.34. The van der Waals surface area contributed by atoms with Crippen LogP contribution in [0.15, 0.2) is 0 Å². The second-order valence-electron chi connectivity index (χ2n) is 8.15. The standard InChI is InChI=1S/C18H35N3O2/c1-5-9-21-10-6-7-14(8-11-21)19-15-12-16(13-15)20-17(22)23-18(2,3)4/h14-16,19H,5-13H2,1-4H3,(H,20,22). The molecule has 0 aromatic carbocycles. The number of ether oxygens (including phenoxy) is 1. The van der Waals surface area contributed by atoms with Gasteiger partial charge in [-0.3, -0.25) is 0 Å². The summed E-state index contributed by atoms with van der Waals surface area (Å²) in [5.74, 6) is 0. The maximum Gasteiger partial charge on any atom is 0.407 e. The lowest BCUT2D eigenvalue weighted by Crippen LogP contribution is -2.55. The van der Waals surface area contributed by atoms with Crippen LogP contribution in [0.25, 0.3) is 0 Å². The minimum Gasteiger partial charge on any atom is -0.444 e. The molecule has 5 heteroatoms. The number of hydrogen-bond acceptors (Lipinski definition) is 4. The molecule has 0 spiro atoms.